The standard InChI is InChI=1S/C22H30N6O/c1-15-3-5-16(6-4-15)18-13-28(20-17-7-11-26(12-8-17)21(18)20)22(29)19-14-27(25-24-19)10-2-9-23/h3-6,14,17-18,20-21H,2,7-13,23H2,1H3/t18-,20+,21+/m0/s1. The lowest BCUT2D eigenvalue weighted by atomic mass is 9.75. The first-order chi connectivity index (χ1) is 14.2. The summed E-state index contributed by atoms with van der Waals surface area (Å²) in [4.78, 5) is 18.2. The number of benzene rings is 1. The molecule has 3 atom stereocenters. The molecule has 7 heteroatoms. The topological polar surface area (TPSA) is 80.3 Å². The van der Waals surface area contributed by atoms with Crippen LogP contribution in [0.1, 0.15) is 46.8 Å². The zero-order valence-corrected chi connectivity index (χ0v) is 17.1. The molecule has 29 heavy (non-hydrogen) atoms. The van der Waals surface area contributed by atoms with Crippen LogP contribution in [0.25, 0.3) is 0 Å². The highest BCUT2D eigenvalue weighted by molar-refractivity contribution is 5.92. The van der Waals surface area contributed by atoms with Gasteiger partial charge in [-0.2, -0.15) is 0 Å². The van der Waals surface area contributed by atoms with Gasteiger partial charge in [-0.15, -0.1) is 5.10 Å². The van der Waals surface area contributed by atoms with Gasteiger partial charge in [0.1, 0.15) is 0 Å². The number of amides is 1. The second-order valence-electron chi connectivity index (χ2n) is 8.84. The van der Waals surface area contributed by atoms with Crippen molar-refractivity contribution < 1.29 is 4.79 Å². The summed E-state index contributed by atoms with van der Waals surface area (Å²) in [6, 6.07) is 9.57. The highest BCUT2D eigenvalue weighted by atomic mass is 16.2. The molecule has 1 aromatic carbocycles. The molecule has 4 aliphatic heterocycles. The third kappa shape index (κ3) is 3.26. The Morgan fingerprint density at radius 1 is 1.17 bits per heavy atom. The molecule has 5 heterocycles. The molecular weight excluding hydrogens is 364 g/mol. The van der Waals surface area contributed by atoms with Crippen molar-refractivity contribution in [3.63, 3.8) is 0 Å². The maximum atomic E-state index is 13.5. The SMILES string of the molecule is Cc1ccc([C@@H]2CN(C(=O)c3cn(CCCN)nn3)[C@@H]3C4CCN(CC4)[C@@H]32)cc1. The fraction of sp³-hybridized carbons (Fsp3) is 0.591. The number of piperidine rings is 3. The van der Waals surface area contributed by atoms with Crippen LogP contribution in [0, 0.1) is 12.8 Å². The van der Waals surface area contributed by atoms with Gasteiger partial charge in [0.25, 0.3) is 5.91 Å². The second kappa shape index (κ2) is 7.54. The molecule has 1 amide bonds. The molecule has 6 rings (SSSR count). The van der Waals surface area contributed by atoms with Crippen molar-refractivity contribution in [2.75, 3.05) is 26.2 Å². The Labute approximate surface area is 171 Å². The summed E-state index contributed by atoms with van der Waals surface area (Å²) < 4.78 is 1.74. The van der Waals surface area contributed by atoms with Gasteiger partial charge in [0.05, 0.1) is 12.2 Å². The fourth-order valence-electron chi connectivity index (χ4n) is 5.67. The lowest BCUT2D eigenvalue weighted by molar-refractivity contribution is -0.00358. The van der Waals surface area contributed by atoms with Crippen LogP contribution in [-0.4, -0.2) is 69.0 Å². The number of nitrogens with zero attached hydrogens (tertiary/aromatic N) is 5. The van der Waals surface area contributed by atoms with Crippen molar-refractivity contribution in [1.82, 2.24) is 24.8 Å². The van der Waals surface area contributed by atoms with Crippen LogP contribution in [0.3, 0.4) is 0 Å². The predicted molar refractivity (Wildman–Crippen MR) is 111 cm³/mol. The first kappa shape index (κ1) is 18.8. The van der Waals surface area contributed by atoms with E-state index in [9.17, 15) is 4.79 Å². The van der Waals surface area contributed by atoms with Crippen molar-refractivity contribution in [2.45, 2.75) is 50.7 Å². The van der Waals surface area contributed by atoms with Crippen LogP contribution >= 0.6 is 0 Å². The van der Waals surface area contributed by atoms with Crippen molar-refractivity contribution in [2.24, 2.45) is 11.7 Å². The lowest BCUT2D eigenvalue weighted by Crippen LogP contribution is -2.60. The van der Waals surface area contributed by atoms with Crippen molar-refractivity contribution in [3.8, 4) is 0 Å². The number of nitrogens with two attached hydrogens (primary N) is 1. The molecule has 0 radical (unpaired) electrons. The first-order valence-electron chi connectivity index (χ1n) is 10.9. The molecule has 2 aromatic rings. The molecule has 1 aromatic heterocycles. The number of aryl methyl sites for hydroxylation is 2. The average molecular weight is 395 g/mol. The van der Waals surface area contributed by atoms with Gasteiger partial charge < -0.3 is 10.6 Å². The Bertz CT molecular complexity index is 870. The van der Waals surface area contributed by atoms with Crippen molar-refractivity contribution >= 4 is 5.91 Å². The van der Waals surface area contributed by atoms with Gasteiger partial charge in [0, 0.05) is 25.0 Å². The molecule has 0 spiro atoms. The Morgan fingerprint density at radius 2 is 1.93 bits per heavy atom. The van der Waals surface area contributed by atoms with E-state index in [2.05, 4.69) is 51.3 Å². The minimum Gasteiger partial charge on any atom is -0.332 e. The maximum absolute atomic E-state index is 13.5. The first-order valence-corrected chi connectivity index (χ1v) is 10.9. The maximum Gasteiger partial charge on any atom is 0.276 e. The number of fused-ring (bicyclic) bond motifs is 2. The minimum atomic E-state index is 0.0300. The zero-order valence-electron chi connectivity index (χ0n) is 17.1. The number of likely N-dealkylation sites (tertiary alicyclic amines) is 1. The van der Waals surface area contributed by atoms with E-state index >= 15 is 0 Å². The molecule has 4 saturated heterocycles. The second-order valence-corrected chi connectivity index (χ2v) is 8.84. The van der Waals surface area contributed by atoms with Gasteiger partial charge in [-0.3, -0.25) is 14.4 Å². The summed E-state index contributed by atoms with van der Waals surface area (Å²) in [7, 11) is 0. The Morgan fingerprint density at radius 3 is 2.66 bits per heavy atom. The van der Waals surface area contributed by atoms with E-state index in [1.54, 1.807) is 10.9 Å². The van der Waals surface area contributed by atoms with Gasteiger partial charge >= 0.3 is 0 Å². The van der Waals surface area contributed by atoms with Gasteiger partial charge in [-0.25, -0.2) is 0 Å². The molecule has 2 bridgehead atoms. The van der Waals surface area contributed by atoms with Gasteiger partial charge in [0.15, 0.2) is 5.69 Å². The molecule has 7 nitrogen and oxygen atoms in total. The normalized spacial score (nSPS) is 30.6. The number of hydrogen-bond acceptors (Lipinski definition) is 5. The molecule has 0 aliphatic carbocycles. The van der Waals surface area contributed by atoms with E-state index in [-0.39, 0.29) is 11.9 Å². The third-order valence-corrected chi connectivity index (χ3v) is 7.11. The summed E-state index contributed by atoms with van der Waals surface area (Å²) in [6.45, 7) is 6.51. The molecule has 2 N–H and O–H groups in total. The van der Waals surface area contributed by atoms with Crippen LogP contribution in [0.4, 0.5) is 0 Å². The molecule has 4 aliphatic rings. The number of carbonyl (C=O) groups excluding carboxylic acids is 1. The Hall–Kier alpha value is -2.25. The van der Waals surface area contributed by atoms with E-state index in [1.165, 1.54) is 24.0 Å². The predicted octanol–water partition coefficient (Wildman–Crippen LogP) is 1.64. The number of aromatic nitrogens is 3. The van der Waals surface area contributed by atoms with Crippen LogP contribution in [0.15, 0.2) is 30.5 Å². The highest BCUT2D eigenvalue weighted by Gasteiger charge is 2.54. The van der Waals surface area contributed by atoms with Crippen molar-refractivity contribution in [1.29, 1.82) is 0 Å². The molecule has 0 unspecified atom stereocenters. The van der Waals surface area contributed by atoms with Crippen LogP contribution < -0.4 is 5.73 Å². The molecule has 0 saturated carbocycles. The summed E-state index contributed by atoms with van der Waals surface area (Å²) in [5, 5.41) is 8.33. The van der Waals surface area contributed by atoms with E-state index in [4.69, 9.17) is 5.73 Å². The summed E-state index contributed by atoms with van der Waals surface area (Å²) in [6.07, 6.45) is 5.00. The number of carbonyl (C=O) groups is 1. The minimum absolute atomic E-state index is 0.0300. The van der Waals surface area contributed by atoms with Crippen LogP contribution in [0.5, 0.6) is 0 Å². The van der Waals surface area contributed by atoms with E-state index in [0.717, 1.165) is 26.1 Å². The largest absolute Gasteiger partial charge is 0.332 e. The van der Waals surface area contributed by atoms with Crippen LogP contribution in [0.2, 0.25) is 0 Å². The fourth-order valence-corrected chi connectivity index (χ4v) is 5.67. The zero-order chi connectivity index (χ0) is 20.0. The third-order valence-electron chi connectivity index (χ3n) is 7.11. The molecular formula is C22H30N6O. The highest BCUT2D eigenvalue weighted by Crippen LogP contribution is 2.46. The molecule has 154 valence electrons. The van der Waals surface area contributed by atoms with Gasteiger partial charge in [-0.05, 0) is 57.3 Å². The Kier molecular flexibility index (Phi) is 4.87. The smallest absolute Gasteiger partial charge is 0.276 e. The van der Waals surface area contributed by atoms with Crippen LogP contribution in [-0.2, 0) is 6.54 Å². The quantitative estimate of drug-likeness (QED) is 0.834. The van der Waals surface area contributed by atoms with E-state index in [1.807, 2.05) is 0 Å². The average Bonchev–Trinajstić information content (AvgIpc) is 3.40. The summed E-state index contributed by atoms with van der Waals surface area (Å²) >= 11 is 0. The number of rotatable bonds is 5. The lowest BCUT2D eigenvalue weighted by Gasteiger charge is -2.51. The molecule has 4 fully saturated rings. The number of hydrogen-bond donors (Lipinski definition) is 1. The summed E-state index contributed by atoms with van der Waals surface area (Å²) in [5.74, 6) is 0.985. The van der Waals surface area contributed by atoms with Gasteiger partial charge in [-0.1, -0.05) is 35.0 Å². The van der Waals surface area contributed by atoms with E-state index < -0.39 is 0 Å². The monoisotopic (exact) mass is 394 g/mol. The Balaban J connectivity index is 1.44. The van der Waals surface area contributed by atoms with Crippen molar-refractivity contribution in [3.05, 3.63) is 47.3 Å². The van der Waals surface area contributed by atoms with Gasteiger partial charge in [0.2, 0.25) is 0 Å². The van der Waals surface area contributed by atoms with E-state index in [0.29, 0.717) is 36.7 Å². The summed E-state index contributed by atoms with van der Waals surface area (Å²) in [5.41, 5.74) is 8.67.